The number of rotatable bonds is 6. The van der Waals surface area contributed by atoms with Gasteiger partial charge in [0.25, 0.3) is 0 Å². The van der Waals surface area contributed by atoms with E-state index in [-0.39, 0.29) is 24.9 Å². The van der Waals surface area contributed by atoms with E-state index in [1.807, 2.05) is 41.2 Å². The second-order valence-corrected chi connectivity index (χ2v) is 4.45. The maximum atomic E-state index is 11.7. The summed E-state index contributed by atoms with van der Waals surface area (Å²) in [5.74, 6) is -0.258. The van der Waals surface area contributed by atoms with E-state index in [2.05, 4.69) is 10.4 Å². The predicted octanol–water partition coefficient (Wildman–Crippen LogP) is 1.27. The van der Waals surface area contributed by atoms with Crippen LogP contribution in [-0.4, -0.2) is 35.4 Å². The molecule has 0 fully saturated rings. The van der Waals surface area contributed by atoms with Gasteiger partial charge in [0.15, 0.2) is 0 Å². The van der Waals surface area contributed by atoms with Crippen molar-refractivity contribution in [2.45, 2.75) is 12.6 Å². The van der Waals surface area contributed by atoms with Gasteiger partial charge in [-0.15, -0.1) is 12.4 Å². The van der Waals surface area contributed by atoms with E-state index in [9.17, 15) is 4.79 Å². The molecule has 1 atom stereocenters. The number of ether oxygens (including phenoxy) is 1. The highest BCUT2D eigenvalue weighted by Gasteiger charge is 2.12. The zero-order chi connectivity index (χ0) is 14.4. The summed E-state index contributed by atoms with van der Waals surface area (Å²) in [6, 6.07) is 8.79. The normalized spacial score (nSPS) is 11.5. The summed E-state index contributed by atoms with van der Waals surface area (Å²) in [4.78, 5) is 11.7. The number of hydrogen-bond acceptors (Lipinski definition) is 4. The number of halogens is 1. The Morgan fingerprint density at radius 3 is 2.71 bits per heavy atom. The molecule has 0 aliphatic carbocycles. The maximum absolute atomic E-state index is 11.7. The second-order valence-electron chi connectivity index (χ2n) is 4.45. The number of anilines is 1. The van der Waals surface area contributed by atoms with Gasteiger partial charge >= 0.3 is 0 Å². The van der Waals surface area contributed by atoms with Crippen LogP contribution in [-0.2, 0) is 16.1 Å². The van der Waals surface area contributed by atoms with Crippen LogP contribution in [0.4, 0.5) is 5.69 Å². The minimum absolute atomic E-state index is 0. The topological polar surface area (TPSA) is 82.2 Å². The highest BCUT2D eigenvalue weighted by atomic mass is 35.5. The molecule has 7 heteroatoms. The van der Waals surface area contributed by atoms with Crippen LogP contribution in [0, 0.1) is 0 Å². The Labute approximate surface area is 129 Å². The summed E-state index contributed by atoms with van der Waals surface area (Å²) in [6.07, 6.45) is 3.64. The summed E-state index contributed by atoms with van der Waals surface area (Å²) in [7, 11) is 1.51. The minimum atomic E-state index is -0.663. The van der Waals surface area contributed by atoms with E-state index in [4.69, 9.17) is 10.5 Å². The number of carbonyl (C=O) groups excluding carboxylic acids is 1. The Kier molecular flexibility index (Phi) is 6.87. The number of nitrogens with one attached hydrogen (secondary N) is 1. The fourth-order valence-corrected chi connectivity index (χ4v) is 1.76. The second kappa shape index (κ2) is 8.41. The SMILES string of the molecule is COCC(N)C(=O)Nc1ccc(Cn2cccn2)cc1.Cl. The Morgan fingerprint density at radius 2 is 2.14 bits per heavy atom. The lowest BCUT2D eigenvalue weighted by molar-refractivity contribution is -0.118. The predicted molar refractivity (Wildman–Crippen MR) is 83.5 cm³/mol. The molecule has 3 N–H and O–H groups in total. The Morgan fingerprint density at radius 1 is 1.43 bits per heavy atom. The van der Waals surface area contributed by atoms with Gasteiger partial charge in [-0.2, -0.15) is 5.10 Å². The smallest absolute Gasteiger partial charge is 0.243 e. The van der Waals surface area contributed by atoms with Gasteiger partial charge in [0.2, 0.25) is 5.91 Å². The first-order valence-corrected chi connectivity index (χ1v) is 6.31. The molecule has 0 bridgehead atoms. The summed E-state index contributed by atoms with van der Waals surface area (Å²) in [5.41, 5.74) is 7.47. The van der Waals surface area contributed by atoms with Gasteiger partial charge in [0, 0.05) is 25.2 Å². The van der Waals surface area contributed by atoms with Crippen LogP contribution in [0.15, 0.2) is 42.7 Å². The molecule has 1 aromatic carbocycles. The van der Waals surface area contributed by atoms with Crippen molar-refractivity contribution in [1.82, 2.24) is 9.78 Å². The zero-order valence-corrected chi connectivity index (χ0v) is 12.5. The number of carbonyl (C=O) groups is 1. The Balaban J connectivity index is 0.00000220. The van der Waals surface area contributed by atoms with Gasteiger partial charge in [0.1, 0.15) is 6.04 Å². The minimum Gasteiger partial charge on any atom is -0.383 e. The van der Waals surface area contributed by atoms with Crippen molar-refractivity contribution in [3.8, 4) is 0 Å². The monoisotopic (exact) mass is 310 g/mol. The molecule has 0 aliphatic rings. The van der Waals surface area contributed by atoms with Crippen molar-refractivity contribution < 1.29 is 9.53 Å². The van der Waals surface area contributed by atoms with Gasteiger partial charge in [0.05, 0.1) is 13.2 Å². The van der Waals surface area contributed by atoms with Crippen molar-refractivity contribution in [3.05, 3.63) is 48.3 Å². The summed E-state index contributed by atoms with van der Waals surface area (Å²) >= 11 is 0. The van der Waals surface area contributed by atoms with Crippen LogP contribution in [0.25, 0.3) is 0 Å². The fraction of sp³-hybridized carbons (Fsp3) is 0.286. The third kappa shape index (κ3) is 5.18. The molecule has 6 nitrogen and oxygen atoms in total. The first-order valence-electron chi connectivity index (χ1n) is 6.31. The third-order valence-electron chi connectivity index (χ3n) is 2.81. The molecule has 0 spiro atoms. The largest absolute Gasteiger partial charge is 0.383 e. The number of nitrogens with two attached hydrogens (primary N) is 1. The van der Waals surface area contributed by atoms with Crippen LogP contribution in [0.2, 0.25) is 0 Å². The molecule has 2 aromatic rings. The summed E-state index contributed by atoms with van der Waals surface area (Å²) in [6.45, 7) is 0.896. The molecule has 21 heavy (non-hydrogen) atoms. The number of nitrogens with zero attached hydrogens (tertiary/aromatic N) is 2. The average molecular weight is 311 g/mol. The molecular formula is C14H19ClN4O2. The van der Waals surface area contributed by atoms with Crippen molar-refractivity contribution >= 4 is 24.0 Å². The molecule has 1 amide bonds. The number of amides is 1. The van der Waals surface area contributed by atoms with Crippen LogP contribution in [0.3, 0.4) is 0 Å². The van der Waals surface area contributed by atoms with Crippen LogP contribution >= 0.6 is 12.4 Å². The van der Waals surface area contributed by atoms with E-state index in [1.165, 1.54) is 7.11 Å². The van der Waals surface area contributed by atoms with Gasteiger partial charge in [-0.25, -0.2) is 0 Å². The molecule has 1 unspecified atom stereocenters. The Hall–Kier alpha value is -1.89. The molecule has 0 saturated heterocycles. The van der Waals surface area contributed by atoms with Gasteiger partial charge < -0.3 is 15.8 Å². The maximum Gasteiger partial charge on any atom is 0.243 e. The number of benzene rings is 1. The summed E-state index contributed by atoms with van der Waals surface area (Å²) in [5, 5.41) is 6.89. The van der Waals surface area contributed by atoms with E-state index in [1.54, 1.807) is 6.20 Å². The van der Waals surface area contributed by atoms with Gasteiger partial charge in [-0.05, 0) is 23.8 Å². The number of methoxy groups -OCH3 is 1. The highest BCUT2D eigenvalue weighted by molar-refractivity contribution is 5.94. The lowest BCUT2D eigenvalue weighted by Gasteiger charge is -2.11. The van der Waals surface area contributed by atoms with Crippen molar-refractivity contribution in [2.24, 2.45) is 5.73 Å². The van der Waals surface area contributed by atoms with Crippen LogP contribution in [0.1, 0.15) is 5.56 Å². The molecule has 0 saturated carbocycles. The number of hydrogen-bond donors (Lipinski definition) is 2. The van der Waals surface area contributed by atoms with E-state index >= 15 is 0 Å². The van der Waals surface area contributed by atoms with Gasteiger partial charge in [-0.1, -0.05) is 12.1 Å². The first kappa shape index (κ1) is 17.2. The zero-order valence-electron chi connectivity index (χ0n) is 11.7. The van der Waals surface area contributed by atoms with Crippen LogP contribution in [0.5, 0.6) is 0 Å². The molecule has 1 heterocycles. The molecule has 0 aliphatic heterocycles. The van der Waals surface area contributed by atoms with E-state index < -0.39 is 6.04 Å². The van der Waals surface area contributed by atoms with E-state index in [0.717, 1.165) is 5.56 Å². The molecule has 0 radical (unpaired) electrons. The molecular weight excluding hydrogens is 292 g/mol. The molecule has 1 aromatic heterocycles. The Bertz CT molecular complexity index is 543. The van der Waals surface area contributed by atoms with Gasteiger partial charge in [-0.3, -0.25) is 9.48 Å². The van der Waals surface area contributed by atoms with Crippen LogP contribution < -0.4 is 11.1 Å². The quantitative estimate of drug-likeness (QED) is 0.841. The fourth-order valence-electron chi connectivity index (χ4n) is 1.76. The number of aromatic nitrogens is 2. The third-order valence-corrected chi connectivity index (χ3v) is 2.81. The lowest BCUT2D eigenvalue weighted by Crippen LogP contribution is -2.39. The average Bonchev–Trinajstić information content (AvgIpc) is 2.94. The molecule has 114 valence electrons. The van der Waals surface area contributed by atoms with E-state index in [0.29, 0.717) is 12.2 Å². The highest BCUT2D eigenvalue weighted by Crippen LogP contribution is 2.10. The molecule has 2 rings (SSSR count). The van der Waals surface area contributed by atoms with Crippen molar-refractivity contribution in [3.63, 3.8) is 0 Å². The van der Waals surface area contributed by atoms with Crippen molar-refractivity contribution in [2.75, 3.05) is 19.0 Å². The standard InChI is InChI=1S/C14H18N4O2.ClH/c1-20-10-13(15)14(19)17-12-5-3-11(4-6-12)9-18-8-2-7-16-18;/h2-8,13H,9-10,15H2,1H3,(H,17,19);1H. The first-order chi connectivity index (χ1) is 9.69. The summed E-state index contributed by atoms with van der Waals surface area (Å²) < 4.78 is 6.68. The van der Waals surface area contributed by atoms with Crippen molar-refractivity contribution in [1.29, 1.82) is 0 Å². The lowest BCUT2D eigenvalue weighted by atomic mass is 10.2.